The molecule has 0 aromatic rings. The van der Waals surface area contributed by atoms with Crippen molar-refractivity contribution < 1.29 is 0 Å². The van der Waals surface area contributed by atoms with Crippen LogP contribution >= 0.6 is 7.26 Å². The maximum absolute atomic E-state index is 7.48. The number of nitrogens with one attached hydrogen (secondary N) is 1. The Morgan fingerprint density at radius 3 is 1.12 bits per heavy atom. The van der Waals surface area contributed by atoms with E-state index in [9.17, 15) is 0 Å². The van der Waals surface area contributed by atoms with Crippen LogP contribution in [0.25, 0.3) is 0 Å². The Morgan fingerprint density at radius 2 is 0.920 bits per heavy atom. The van der Waals surface area contributed by atoms with E-state index >= 15 is 0 Å². The van der Waals surface area contributed by atoms with Gasteiger partial charge in [-0.25, -0.2) is 5.32 Å². The summed E-state index contributed by atoms with van der Waals surface area (Å²) in [6.07, 6.45) is 25.2. The molecule has 0 saturated heterocycles. The molecule has 0 bridgehead atoms. The molecule has 0 rings (SSSR count). The van der Waals surface area contributed by atoms with Crippen LogP contribution in [0.1, 0.15) is 97.8 Å². The maximum Gasteiger partial charge on any atom is 0.190 e. The molecule has 0 spiro atoms. The molecule has 0 unspecified atom stereocenters. The van der Waals surface area contributed by atoms with Gasteiger partial charge in [0.15, 0.2) is 12.4 Å². The van der Waals surface area contributed by atoms with Crippen molar-refractivity contribution in [2.24, 2.45) is 0 Å². The van der Waals surface area contributed by atoms with E-state index in [0.717, 1.165) is 0 Å². The first kappa shape index (κ1) is 26.4. The quantitative estimate of drug-likeness (QED) is 0.152. The van der Waals surface area contributed by atoms with Crippen molar-refractivity contribution in [2.45, 2.75) is 97.8 Å². The Kier molecular flexibility index (Phi) is 22.5. The van der Waals surface area contributed by atoms with Gasteiger partial charge in [-0.3, -0.25) is 0 Å². The summed E-state index contributed by atoms with van der Waals surface area (Å²) in [7, 11) is -0.899. The topological polar surface area (TPSA) is 59.6 Å². The summed E-state index contributed by atoms with van der Waals surface area (Å²) in [5.41, 5.74) is 0. The fourth-order valence-electron chi connectivity index (χ4n) is 3.34. The van der Waals surface area contributed by atoms with Crippen molar-refractivity contribution in [2.75, 3.05) is 25.2 Å². The molecule has 0 aliphatic heterocycles. The fraction of sp³-hybridized carbons (Fsp3) is 0.905. The van der Waals surface area contributed by atoms with E-state index in [1.165, 1.54) is 89.4 Å². The number of nitrogens with zero attached hydrogens (tertiary/aromatic N) is 2. The Morgan fingerprint density at radius 1 is 0.600 bits per heavy atom. The van der Waals surface area contributed by atoms with Crippen LogP contribution in [-0.2, 0) is 0 Å². The zero-order valence-electron chi connectivity index (χ0n) is 17.5. The molecule has 148 valence electrons. The van der Waals surface area contributed by atoms with E-state index in [0.29, 0.717) is 0 Å². The van der Waals surface area contributed by atoms with E-state index in [4.69, 9.17) is 10.5 Å². The van der Waals surface area contributed by atoms with Crippen LogP contribution in [0.4, 0.5) is 0 Å². The van der Waals surface area contributed by atoms with Crippen molar-refractivity contribution in [3.63, 3.8) is 0 Å². The molecule has 25 heavy (non-hydrogen) atoms. The monoisotopic (exact) mass is 369 g/mol. The predicted molar refractivity (Wildman–Crippen MR) is 116 cm³/mol. The second-order valence-electron chi connectivity index (χ2n) is 7.59. The normalized spacial score (nSPS) is 11.0. The number of rotatable bonds is 15. The Balaban J connectivity index is 0. The predicted octanol–water partition coefficient (Wildman–Crippen LogP) is 6.65. The maximum atomic E-state index is 7.48. The Labute approximate surface area is 158 Å². The average Bonchev–Trinajstić information content (AvgIpc) is 2.61. The van der Waals surface area contributed by atoms with Gasteiger partial charge in [-0.05, 0) is 0 Å². The van der Waals surface area contributed by atoms with E-state index in [1.807, 2.05) is 0 Å². The molecule has 0 atom stereocenters. The smallest absolute Gasteiger partial charge is 0.190 e. The van der Waals surface area contributed by atoms with Gasteiger partial charge in [0.1, 0.15) is 0 Å². The molecule has 4 heteroatoms. The van der Waals surface area contributed by atoms with Crippen LogP contribution in [0, 0.1) is 22.9 Å². The zero-order valence-corrected chi connectivity index (χ0v) is 18.5. The van der Waals surface area contributed by atoms with Gasteiger partial charge >= 0.3 is 130 Å². The van der Waals surface area contributed by atoms with Gasteiger partial charge in [0.05, 0.1) is 0 Å². The van der Waals surface area contributed by atoms with Gasteiger partial charge in [0.25, 0.3) is 0 Å². The van der Waals surface area contributed by atoms with E-state index in [1.54, 1.807) is 23.8 Å². The number of hydrogen-bond donors (Lipinski definition) is 1. The minimum atomic E-state index is -0.899. The summed E-state index contributed by atoms with van der Waals surface area (Å²) in [4.78, 5) is 0. The summed E-state index contributed by atoms with van der Waals surface area (Å²) in [5, 5.41) is 16.7. The second-order valence-corrected chi connectivity index (χ2v) is 12.7. The molecular formula is C21H44N3P. The van der Waals surface area contributed by atoms with Crippen LogP contribution in [0.15, 0.2) is 0 Å². The van der Waals surface area contributed by atoms with Crippen molar-refractivity contribution in [1.82, 2.24) is 5.32 Å². The first-order valence-electron chi connectivity index (χ1n) is 10.6. The van der Waals surface area contributed by atoms with Crippen LogP contribution < -0.4 is 5.32 Å². The minimum absolute atomic E-state index is 0.899. The SMILES string of the molecule is CCCCCC[PH](C)(CCCCCC)CCCCCC.N#CNC#N. The third kappa shape index (κ3) is 21.2. The van der Waals surface area contributed by atoms with Crippen LogP contribution in [0.3, 0.4) is 0 Å². The Bertz CT molecular complexity index is 301. The first-order valence-corrected chi connectivity index (χ1v) is 13.8. The van der Waals surface area contributed by atoms with E-state index < -0.39 is 7.26 Å². The average molecular weight is 370 g/mol. The summed E-state index contributed by atoms with van der Waals surface area (Å²) in [6.45, 7) is 9.70. The minimum Gasteiger partial charge on any atom is -0.229 e. The molecule has 0 aromatic heterocycles. The van der Waals surface area contributed by atoms with Gasteiger partial charge < -0.3 is 0 Å². The fourth-order valence-corrected chi connectivity index (χ4v) is 7.40. The summed E-state index contributed by atoms with van der Waals surface area (Å²) in [6, 6.07) is 0. The molecule has 0 aliphatic rings. The second kappa shape index (κ2) is 21.3. The van der Waals surface area contributed by atoms with Crippen molar-refractivity contribution >= 4 is 7.26 Å². The molecular weight excluding hydrogens is 325 g/mol. The summed E-state index contributed by atoms with van der Waals surface area (Å²) >= 11 is 0. The number of hydrogen-bond acceptors (Lipinski definition) is 3. The van der Waals surface area contributed by atoms with Gasteiger partial charge in [0.2, 0.25) is 0 Å². The standard InChI is InChI=1S/C19H43P.C2HN3/c1-5-8-11-14-17-20(4,18-15-12-9-6-2)19-16-13-10-7-3;3-1-5-2-4/h20H,5-19H2,1-4H3;5H. The summed E-state index contributed by atoms with van der Waals surface area (Å²) in [5.74, 6) is 0. The first-order chi connectivity index (χ1) is 12.1. The third-order valence-corrected chi connectivity index (χ3v) is 9.70. The molecule has 0 aliphatic carbocycles. The van der Waals surface area contributed by atoms with Crippen LogP contribution in [0.2, 0.25) is 0 Å². The van der Waals surface area contributed by atoms with E-state index in [-0.39, 0.29) is 0 Å². The van der Waals surface area contributed by atoms with Gasteiger partial charge in [-0.15, -0.1) is 0 Å². The third-order valence-electron chi connectivity index (χ3n) is 5.01. The van der Waals surface area contributed by atoms with E-state index in [2.05, 4.69) is 27.4 Å². The molecule has 0 fully saturated rings. The van der Waals surface area contributed by atoms with Crippen LogP contribution in [0.5, 0.6) is 0 Å². The van der Waals surface area contributed by atoms with Gasteiger partial charge in [-0.2, -0.15) is 10.5 Å². The van der Waals surface area contributed by atoms with Gasteiger partial charge in [0, 0.05) is 0 Å². The Hall–Kier alpha value is -0.790. The molecule has 0 heterocycles. The molecule has 0 radical (unpaired) electrons. The molecule has 3 nitrogen and oxygen atoms in total. The number of nitriles is 2. The molecule has 0 amide bonds. The zero-order chi connectivity index (χ0) is 19.2. The largest absolute Gasteiger partial charge is 0.229 e. The number of unbranched alkanes of at least 4 members (excludes halogenated alkanes) is 9. The van der Waals surface area contributed by atoms with Gasteiger partial charge in [-0.1, -0.05) is 0 Å². The molecule has 1 N–H and O–H groups in total. The van der Waals surface area contributed by atoms with Crippen molar-refractivity contribution in [3.8, 4) is 12.4 Å². The van der Waals surface area contributed by atoms with Crippen molar-refractivity contribution in [1.29, 1.82) is 10.5 Å². The molecule has 0 aromatic carbocycles. The van der Waals surface area contributed by atoms with Crippen molar-refractivity contribution in [3.05, 3.63) is 0 Å². The van der Waals surface area contributed by atoms with Crippen LogP contribution in [-0.4, -0.2) is 25.2 Å². The molecule has 0 saturated carbocycles. The summed E-state index contributed by atoms with van der Waals surface area (Å²) < 4.78 is 0.